The normalized spacial score (nSPS) is 17.2. The molecule has 0 amide bonds. The molecule has 3 heterocycles. The molecule has 1 N–H and O–H groups in total. The van der Waals surface area contributed by atoms with Crippen molar-refractivity contribution in [1.29, 1.82) is 0 Å². The van der Waals surface area contributed by atoms with Gasteiger partial charge in [0.2, 0.25) is 11.8 Å². The van der Waals surface area contributed by atoms with E-state index >= 15 is 0 Å². The van der Waals surface area contributed by atoms with E-state index in [1.54, 1.807) is 6.20 Å². The van der Waals surface area contributed by atoms with Crippen LogP contribution in [0.1, 0.15) is 18.6 Å². The minimum Gasteiger partial charge on any atom is -0.478 e. The van der Waals surface area contributed by atoms with Crippen LogP contribution in [-0.2, 0) is 4.74 Å². The maximum absolute atomic E-state index is 5.92. The van der Waals surface area contributed by atoms with Gasteiger partial charge in [-0.25, -0.2) is 9.97 Å². The van der Waals surface area contributed by atoms with Crippen LogP contribution in [0.4, 0.5) is 0 Å². The lowest BCUT2D eigenvalue weighted by Crippen LogP contribution is -2.33. The predicted molar refractivity (Wildman–Crippen MR) is 97.2 cm³/mol. The number of benzene rings is 1. The van der Waals surface area contributed by atoms with Gasteiger partial charge in [0.15, 0.2) is 5.58 Å². The summed E-state index contributed by atoms with van der Waals surface area (Å²) >= 11 is 0. The molecule has 1 aliphatic heterocycles. The van der Waals surface area contributed by atoms with Gasteiger partial charge in [-0.15, -0.1) is 12.4 Å². The number of rotatable bonds is 4. The molecule has 3 aromatic rings. The van der Waals surface area contributed by atoms with Crippen molar-refractivity contribution in [1.82, 2.24) is 15.3 Å². The summed E-state index contributed by atoms with van der Waals surface area (Å²) in [4.78, 5) is 8.80. The van der Waals surface area contributed by atoms with E-state index in [0.29, 0.717) is 18.4 Å². The molecule has 0 bridgehead atoms. The predicted octanol–water partition coefficient (Wildman–Crippen LogP) is 3.37. The van der Waals surface area contributed by atoms with Crippen LogP contribution in [0.5, 0.6) is 5.88 Å². The zero-order valence-electron chi connectivity index (χ0n) is 13.9. The van der Waals surface area contributed by atoms with Crippen LogP contribution in [0.2, 0.25) is 0 Å². The third-order valence-corrected chi connectivity index (χ3v) is 3.99. The average molecular weight is 362 g/mol. The van der Waals surface area contributed by atoms with E-state index < -0.39 is 0 Å². The number of hydrogen-bond acceptors (Lipinski definition) is 6. The van der Waals surface area contributed by atoms with Gasteiger partial charge in [-0.05, 0) is 30.7 Å². The molecule has 25 heavy (non-hydrogen) atoms. The Balaban J connectivity index is 0.00000182. The highest BCUT2D eigenvalue weighted by molar-refractivity contribution is 5.85. The second-order valence-electron chi connectivity index (χ2n) is 5.63. The topological polar surface area (TPSA) is 69.4 Å². The number of aromatic nitrogens is 2. The number of nitrogens with one attached hydrogen (secondary N) is 1. The van der Waals surface area contributed by atoms with Gasteiger partial charge in [-0.3, -0.25) is 0 Å². The van der Waals surface area contributed by atoms with Crippen molar-refractivity contribution in [3.8, 4) is 17.3 Å². The van der Waals surface area contributed by atoms with Gasteiger partial charge in [0.25, 0.3) is 0 Å². The summed E-state index contributed by atoms with van der Waals surface area (Å²) in [6.45, 7) is 4.96. The van der Waals surface area contributed by atoms with Gasteiger partial charge in [0, 0.05) is 25.4 Å². The van der Waals surface area contributed by atoms with E-state index in [-0.39, 0.29) is 18.5 Å². The van der Waals surface area contributed by atoms with Crippen molar-refractivity contribution in [3.63, 3.8) is 0 Å². The number of nitrogens with zero attached hydrogens (tertiary/aromatic N) is 2. The molecule has 6 nitrogen and oxygen atoms in total. The molecule has 132 valence electrons. The number of halogens is 1. The largest absolute Gasteiger partial charge is 0.478 e. The number of ether oxygens (including phenoxy) is 2. The summed E-state index contributed by atoms with van der Waals surface area (Å²) in [5.41, 5.74) is 3.51. The average Bonchev–Trinajstić information content (AvgIpc) is 3.06. The number of morpholine rings is 1. The molecule has 1 saturated heterocycles. The molecule has 2 aromatic heterocycles. The third kappa shape index (κ3) is 3.76. The maximum atomic E-state index is 5.92. The van der Waals surface area contributed by atoms with Crippen LogP contribution < -0.4 is 10.1 Å². The number of fused-ring (bicyclic) bond motifs is 1. The Morgan fingerprint density at radius 2 is 2.20 bits per heavy atom. The van der Waals surface area contributed by atoms with Crippen molar-refractivity contribution in [2.75, 3.05) is 26.3 Å². The van der Waals surface area contributed by atoms with Crippen molar-refractivity contribution in [2.45, 2.75) is 13.0 Å². The summed E-state index contributed by atoms with van der Waals surface area (Å²) < 4.78 is 17.1. The van der Waals surface area contributed by atoms with Crippen molar-refractivity contribution in [2.24, 2.45) is 0 Å². The summed E-state index contributed by atoms with van der Waals surface area (Å²) in [6.07, 6.45) is 1.77. The molecular formula is C18H20ClN3O3. The highest BCUT2D eigenvalue weighted by atomic mass is 35.5. The van der Waals surface area contributed by atoms with E-state index in [4.69, 9.17) is 13.9 Å². The number of oxazole rings is 1. The van der Waals surface area contributed by atoms with Crippen LogP contribution in [0, 0.1) is 0 Å². The standard InChI is InChI=1S/C18H19N3O3.ClH/c1-2-22-17-6-4-13(10-20-17)18-21-14-5-3-12(9-15(14)24-18)16-11-19-7-8-23-16;/h3-6,9-10,16,19H,2,7-8,11H2,1H3;1H/t16-;/m0./s1. The van der Waals surface area contributed by atoms with Gasteiger partial charge >= 0.3 is 0 Å². The Hall–Kier alpha value is -2.15. The molecule has 0 spiro atoms. The van der Waals surface area contributed by atoms with E-state index in [2.05, 4.69) is 15.3 Å². The first-order valence-corrected chi connectivity index (χ1v) is 8.15. The first-order chi connectivity index (χ1) is 11.8. The molecule has 1 aromatic carbocycles. The summed E-state index contributed by atoms with van der Waals surface area (Å²) in [7, 11) is 0. The summed E-state index contributed by atoms with van der Waals surface area (Å²) in [6, 6.07) is 9.74. The zero-order chi connectivity index (χ0) is 16.4. The van der Waals surface area contributed by atoms with Gasteiger partial charge < -0.3 is 19.2 Å². The van der Waals surface area contributed by atoms with E-state index in [9.17, 15) is 0 Å². The maximum Gasteiger partial charge on any atom is 0.228 e. The monoisotopic (exact) mass is 361 g/mol. The molecule has 1 aliphatic rings. The Labute approximate surface area is 152 Å². The molecular weight excluding hydrogens is 342 g/mol. The van der Waals surface area contributed by atoms with Crippen LogP contribution >= 0.6 is 12.4 Å². The minimum absolute atomic E-state index is 0. The van der Waals surface area contributed by atoms with E-state index in [1.807, 2.05) is 37.3 Å². The Bertz CT molecular complexity index is 829. The van der Waals surface area contributed by atoms with Gasteiger partial charge in [-0.1, -0.05) is 6.07 Å². The lowest BCUT2D eigenvalue weighted by atomic mass is 10.1. The second kappa shape index (κ2) is 7.82. The smallest absolute Gasteiger partial charge is 0.228 e. The summed E-state index contributed by atoms with van der Waals surface area (Å²) in [5.74, 6) is 1.15. The SMILES string of the molecule is CCOc1ccc(-c2nc3ccc([C@@H]4CNCCO4)cc3o2)cn1.Cl. The van der Waals surface area contributed by atoms with Crippen molar-refractivity contribution < 1.29 is 13.9 Å². The fourth-order valence-corrected chi connectivity index (χ4v) is 2.78. The van der Waals surface area contributed by atoms with Gasteiger partial charge in [-0.2, -0.15) is 0 Å². The fourth-order valence-electron chi connectivity index (χ4n) is 2.78. The molecule has 0 radical (unpaired) electrons. The fraction of sp³-hybridized carbons (Fsp3) is 0.333. The molecule has 1 atom stereocenters. The lowest BCUT2D eigenvalue weighted by molar-refractivity contribution is 0.0277. The van der Waals surface area contributed by atoms with E-state index in [0.717, 1.165) is 41.9 Å². The molecule has 7 heteroatoms. The molecule has 4 rings (SSSR count). The molecule has 0 saturated carbocycles. The van der Waals surface area contributed by atoms with E-state index in [1.165, 1.54) is 0 Å². The van der Waals surface area contributed by atoms with Gasteiger partial charge in [0.05, 0.1) is 24.9 Å². The third-order valence-electron chi connectivity index (χ3n) is 3.99. The first-order valence-electron chi connectivity index (χ1n) is 8.15. The van der Waals surface area contributed by atoms with Crippen LogP contribution in [0.25, 0.3) is 22.6 Å². The Morgan fingerprint density at radius 1 is 1.28 bits per heavy atom. The lowest BCUT2D eigenvalue weighted by Gasteiger charge is -2.23. The highest BCUT2D eigenvalue weighted by Crippen LogP contribution is 2.28. The van der Waals surface area contributed by atoms with Crippen LogP contribution in [-0.4, -0.2) is 36.3 Å². The van der Waals surface area contributed by atoms with Crippen LogP contribution in [0.15, 0.2) is 40.9 Å². The molecule has 0 aliphatic carbocycles. The summed E-state index contributed by atoms with van der Waals surface area (Å²) in [5, 5.41) is 3.34. The quantitative estimate of drug-likeness (QED) is 0.768. The van der Waals surface area contributed by atoms with Gasteiger partial charge in [0.1, 0.15) is 5.52 Å². The minimum atomic E-state index is 0. The highest BCUT2D eigenvalue weighted by Gasteiger charge is 2.17. The first kappa shape index (κ1) is 17.7. The number of pyridine rings is 1. The van der Waals surface area contributed by atoms with Crippen molar-refractivity contribution >= 4 is 23.5 Å². The molecule has 1 fully saturated rings. The number of hydrogen-bond donors (Lipinski definition) is 1. The molecule has 0 unspecified atom stereocenters. The zero-order valence-corrected chi connectivity index (χ0v) is 14.7. The Morgan fingerprint density at radius 3 is 2.92 bits per heavy atom. The van der Waals surface area contributed by atoms with Crippen LogP contribution in [0.3, 0.4) is 0 Å². The van der Waals surface area contributed by atoms with Crippen molar-refractivity contribution in [3.05, 3.63) is 42.1 Å². The second-order valence-corrected chi connectivity index (χ2v) is 5.63. The Kier molecular flexibility index (Phi) is 5.53.